The van der Waals surface area contributed by atoms with Crippen molar-refractivity contribution < 1.29 is 14.3 Å². The number of amides is 2. The molecule has 0 aliphatic heterocycles. The quantitative estimate of drug-likeness (QED) is 0.349. The molecule has 0 bridgehead atoms. The Balaban J connectivity index is 1.80. The van der Waals surface area contributed by atoms with Gasteiger partial charge in [-0.3, -0.25) is 9.59 Å². The Bertz CT molecular complexity index is 1060. The lowest BCUT2D eigenvalue weighted by molar-refractivity contribution is -0.116. The Kier molecular flexibility index (Phi) is 8.59. The SMILES string of the molecule is CCCC(=O)Nc1ccc(SC(C(=O)Nc2cc(Cl)ccc2OC)c2ccccc2)cc1. The summed E-state index contributed by atoms with van der Waals surface area (Å²) in [5, 5.41) is 5.83. The molecule has 5 nitrogen and oxygen atoms in total. The van der Waals surface area contributed by atoms with Crippen LogP contribution in [0.3, 0.4) is 0 Å². The summed E-state index contributed by atoms with van der Waals surface area (Å²) in [7, 11) is 1.54. The Labute approximate surface area is 197 Å². The lowest BCUT2D eigenvalue weighted by atomic mass is 10.1. The van der Waals surface area contributed by atoms with Crippen LogP contribution in [0.5, 0.6) is 5.75 Å². The van der Waals surface area contributed by atoms with Crippen molar-refractivity contribution >= 4 is 46.6 Å². The number of benzene rings is 3. The lowest BCUT2D eigenvalue weighted by Crippen LogP contribution is -2.19. The van der Waals surface area contributed by atoms with Crippen molar-refractivity contribution in [2.45, 2.75) is 29.9 Å². The van der Waals surface area contributed by atoms with E-state index in [0.717, 1.165) is 22.6 Å². The molecule has 2 N–H and O–H groups in total. The number of halogens is 1. The number of nitrogens with one attached hydrogen (secondary N) is 2. The number of anilines is 2. The van der Waals surface area contributed by atoms with Crippen molar-refractivity contribution in [1.82, 2.24) is 0 Å². The van der Waals surface area contributed by atoms with E-state index in [1.807, 2.05) is 61.5 Å². The number of carbonyl (C=O) groups excluding carboxylic acids is 2. The van der Waals surface area contributed by atoms with Gasteiger partial charge in [0.15, 0.2) is 0 Å². The standard InChI is InChI=1S/C25H25ClN2O3S/c1-3-7-23(29)27-19-11-13-20(14-12-19)32-24(17-8-5-4-6-9-17)25(30)28-21-16-18(26)10-15-22(21)31-2/h4-6,8-16,24H,3,7H2,1-2H3,(H,27,29)(H,28,30). The van der Waals surface area contributed by atoms with Gasteiger partial charge in [0.1, 0.15) is 11.0 Å². The maximum atomic E-state index is 13.3. The fourth-order valence-corrected chi connectivity index (χ4v) is 4.28. The summed E-state index contributed by atoms with van der Waals surface area (Å²) in [5.74, 6) is 0.332. The second kappa shape index (κ2) is 11.6. The summed E-state index contributed by atoms with van der Waals surface area (Å²) in [6, 6.07) is 22.1. The first-order valence-electron chi connectivity index (χ1n) is 10.3. The number of carbonyl (C=O) groups is 2. The molecule has 1 atom stereocenters. The van der Waals surface area contributed by atoms with Gasteiger partial charge in [-0.05, 0) is 54.4 Å². The molecule has 1 unspecified atom stereocenters. The van der Waals surface area contributed by atoms with Gasteiger partial charge >= 0.3 is 0 Å². The van der Waals surface area contributed by atoms with Crippen molar-refractivity contribution in [3.8, 4) is 5.75 Å². The van der Waals surface area contributed by atoms with E-state index in [1.54, 1.807) is 25.3 Å². The highest BCUT2D eigenvalue weighted by Gasteiger charge is 2.23. The van der Waals surface area contributed by atoms with Crippen molar-refractivity contribution in [2.24, 2.45) is 0 Å². The van der Waals surface area contributed by atoms with Gasteiger partial charge in [-0.15, -0.1) is 11.8 Å². The highest BCUT2D eigenvalue weighted by atomic mass is 35.5. The fraction of sp³-hybridized carbons (Fsp3) is 0.200. The largest absolute Gasteiger partial charge is 0.495 e. The summed E-state index contributed by atoms with van der Waals surface area (Å²) >= 11 is 7.54. The van der Waals surface area contributed by atoms with Crippen molar-refractivity contribution in [3.05, 3.63) is 83.4 Å². The van der Waals surface area contributed by atoms with Gasteiger partial charge in [-0.25, -0.2) is 0 Å². The summed E-state index contributed by atoms with van der Waals surface area (Å²) in [6.45, 7) is 1.97. The number of rotatable bonds is 9. The number of thioether (sulfide) groups is 1. The first kappa shape index (κ1) is 23.7. The summed E-state index contributed by atoms with van der Waals surface area (Å²) in [4.78, 5) is 26.0. The van der Waals surface area contributed by atoms with E-state index in [4.69, 9.17) is 16.3 Å². The monoisotopic (exact) mass is 468 g/mol. The van der Waals surface area contributed by atoms with E-state index < -0.39 is 5.25 Å². The summed E-state index contributed by atoms with van der Waals surface area (Å²) < 4.78 is 5.35. The van der Waals surface area contributed by atoms with Crippen LogP contribution in [-0.2, 0) is 9.59 Å². The molecule has 166 valence electrons. The molecule has 32 heavy (non-hydrogen) atoms. The first-order chi connectivity index (χ1) is 15.5. The van der Waals surface area contributed by atoms with E-state index in [9.17, 15) is 9.59 Å². The second-order valence-electron chi connectivity index (χ2n) is 7.06. The van der Waals surface area contributed by atoms with Gasteiger partial charge in [0.05, 0.1) is 12.8 Å². The van der Waals surface area contributed by atoms with Gasteiger partial charge in [-0.2, -0.15) is 0 Å². The number of ether oxygens (including phenoxy) is 1. The van der Waals surface area contributed by atoms with Crippen LogP contribution in [0.4, 0.5) is 11.4 Å². The molecule has 7 heteroatoms. The predicted octanol–water partition coefficient (Wildman–Crippen LogP) is 6.56. The molecule has 2 amide bonds. The van der Waals surface area contributed by atoms with Crippen LogP contribution in [0.15, 0.2) is 77.7 Å². The maximum Gasteiger partial charge on any atom is 0.242 e. The van der Waals surface area contributed by atoms with Gasteiger partial charge in [0.25, 0.3) is 0 Å². The van der Waals surface area contributed by atoms with Crippen LogP contribution in [-0.4, -0.2) is 18.9 Å². The van der Waals surface area contributed by atoms with E-state index >= 15 is 0 Å². The molecule has 3 aromatic rings. The van der Waals surface area contributed by atoms with E-state index in [-0.39, 0.29) is 11.8 Å². The molecular weight excluding hydrogens is 444 g/mol. The topological polar surface area (TPSA) is 67.4 Å². The molecular formula is C25H25ClN2O3S. The third kappa shape index (κ3) is 6.52. The van der Waals surface area contributed by atoms with Gasteiger partial charge in [-0.1, -0.05) is 48.9 Å². The smallest absolute Gasteiger partial charge is 0.242 e. The van der Waals surface area contributed by atoms with E-state index in [0.29, 0.717) is 22.9 Å². The number of methoxy groups -OCH3 is 1. The van der Waals surface area contributed by atoms with E-state index in [2.05, 4.69) is 10.6 Å². The van der Waals surface area contributed by atoms with Crippen LogP contribution >= 0.6 is 23.4 Å². The highest BCUT2D eigenvalue weighted by Crippen LogP contribution is 2.38. The van der Waals surface area contributed by atoms with E-state index in [1.165, 1.54) is 11.8 Å². The Morgan fingerprint density at radius 2 is 1.72 bits per heavy atom. The van der Waals surface area contributed by atoms with Crippen LogP contribution < -0.4 is 15.4 Å². The molecule has 3 aromatic carbocycles. The average Bonchev–Trinajstić information content (AvgIpc) is 2.79. The zero-order chi connectivity index (χ0) is 22.9. The Morgan fingerprint density at radius 1 is 1.00 bits per heavy atom. The van der Waals surface area contributed by atoms with Crippen LogP contribution in [0.25, 0.3) is 0 Å². The molecule has 0 fully saturated rings. The summed E-state index contributed by atoms with van der Waals surface area (Å²) in [6.07, 6.45) is 1.28. The molecule has 0 heterocycles. The minimum Gasteiger partial charge on any atom is -0.495 e. The third-order valence-electron chi connectivity index (χ3n) is 4.63. The minimum absolute atomic E-state index is 0.00934. The second-order valence-corrected chi connectivity index (χ2v) is 8.68. The number of hydrogen-bond donors (Lipinski definition) is 2. The molecule has 0 aliphatic carbocycles. The van der Waals surface area contributed by atoms with Crippen molar-refractivity contribution in [3.63, 3.8) is 0 Å². The minimum atomic E-state index is -0.500. The summed E-state index contributed by atoms with van der Waals surface area (Å²) in [5.41, 5.74) is 2.12. The van der Waals surface area contributed by atoms with Crippen molar-refractivity contribution in [1.29, 1.82) is 0 Å². The molecule has 0 aliphatic rings. The lowest BCUT2D eigenvalue weighted by Gasteiger charge is -2.18. The van der Waals surface area contributed by atoms with Crippen LogP contribution in [0.1, 0.15) is 30.6 Å². The van der Waals surface area contributed by atoms with Gasteiger partial charge in [0, 0.05) is 22.0 Å². The normalized spacial score (nSPS) is 11.5. The maximum absolute atomic E-state index is 13.3. The van der Waals surface area contributed by atoms with Crippen LogP contribution in [0, 0.1) is 0 Å². The van der Waals surface area contributed by atoms with Crippen molar-refractivity contribution in [2.75, 3.05) is 17.7 Å². The van der Waals surface area contributed by atoms with Gasteiger partial charge < -0.3 is 15.4 Å². The zero-order valence-corrected chi connectivity index (χ0v) is 19.5. The highest BCUT2D eigenvalue weighted by molar-refractivity contribution is 8.00. The fourth-order valence-electron chi connectivity index (χ4n) is 3.08. The Hall–Kier alpha value is -2.96. The third-order valence-corrected chi connectivity index (χ3v) is 6.13. The molecule has 0 spiro atoms. The predicted molar refractivity (Wildman–Crippen MR) is 132 cm³/mol. The average molecular weight is 469 g/mol. The first-order valence-corrected chi connectivity index (χ1v) is 11.5. The molecule has 3 rings (SSSR count). The van der Waals surface area contributed by atoms with Gasteiger partial charge in [0.2, 0.25) is 11.8 Å². The Morgan fingerprint density at radius 3 is 2.38 bits per heavy atom. The number of hydrogen-bond acceptors (Lipinski definition) is 4. The zero-order valence-electron chi connectivity index (χ0n) is 17.9. The molecule has 0 radical (unpaired) electrons. The molecule has 0 aromatic heterocycles. The molecule has 0 saturated carbocycles. The molecule has 0 saturated heterocycles. The van der Waals surface area contributed by atoms with Crippen LogP contribution in [0.2, 0.25) is 5.02 Å².